The van der Waals surface area contributed by atoms with Crippen LogP contribution in [-0.4, -0.2) is 39.3 Å². The van der Waals surface area contributed by atoms with Gasteiger partial charge in [0.2, 0.25) is 5.91 Å². The van der Waals surface area contributed by atoms with E-state index < -0.39 is 5.67 Å². The molecule has 1 aliphatic heterocycles. The Hall–Kier alpha value is -3.25. The molecule has 6 heteroatoms. The number of halogens is 1. The zero-order valence-electron chi connectivity index (χ0n) is 18.2. The van der Waals surface area contributed by atoms with Crippen LogP contribution in [0.2, 0.25) is 0 Å². The van der Waals surface area contributed by atoms with Crippen molar-refractivity contribution in [3.05, 3.63) is 78.1 Å². The van der Waals surface area contributed by atoms with E-state index in [1.165, 1.54) is 12.8 Å². The van der Waals surface area contributed by atoms with Gasteiger partial charge in [-0.2, -0.15) is 5.10 Å². The fraction of sp³-hybridized carbons (Fsp3) is 0.308. The normalized spacial score (nSPS) is 17.9. The molecule has 1 amide bonds. The molecule has 2 aromatic carbocycles. The molecule has 32 heavy (non-hydrogen) atoms. The molecule has 0 unspecified atom stereocenters. The van der Waals surface area contributed by atoms with Crippen LogP contribution in [0, 0.1) is 0 Å². The largest absolute Gasteiger partial charge is 0.323 e. The van der Waals surface area contributed by atoms with Crippen LogP contribution in [0.1, 0.15) is 36.9 Å². The minimum atomic E-state index is -1.06. The van der Waals surface area contributed by atoms with Crippen molar-refractivity contribution in [2.24, 2.45) is 0 Å². The lowest BCUT2D eigenvalue weighted by atomic mass is 9.98. The van der Waals surface area contributed by atoms with E-state index in [0.29, 0.717) is 19.1 Å². The highest BCUT2D eigenvalue weighted by Gasteiger charge is 2.38. The number of nitrogens with one attached hydrogen (secondary N) is 1. The van der Waals surface area contributed by atoms with Crippen molar-refractivity contribution in [3.8, 4) is 11.1 Å². The Morgan fingerprint density at radius 2 is 1.94 bits per heavy atom. The highest BCUT2D eigenvalue weighted by atomic mass is 19.1. The summed E-state index contributed by atoms with van der Waals surface area (Å²) >= 11 is 0. The number of anilines is 1. The number of aromatic nitrogens is 2. The zero-order valence-corrected chi connectivity index (χ0v) is 18.2. The van der Waals surface area contributed by atoms with Gasteiger partial charge in [0.05, 0.1) is 12.2 Å². The molecule has 164 valence electrons. The number of carbonyl (C=O) groups is 1. The first-order valence-electron chi connectivity index (χ1n) is 11.1. The van der Waals surface area contributed by atoms with E-state index in [4.69, 9.17) is 0 Å². The van der Waals surface area contributed by atoms with Crippen molar-refractivity contribution in [1.82, 2.24) is 14.7 Å². The fourth-order valence-corrected chi connectivity index (χ4v) is 4.22. The van der Waals surface area contributed by atoms with Crippen molar-refractivity contribution in [3.63, 3.8) is 0 Å². The van der Waals surface area contributed by atoms with E-state index >= 15 is 0 Å². The summed E-state index contributed by atoms with van der Waals surface area (Å²) < 4.78 is 15.6. The number of rotatable bonds is 7. The average molecular weight is 431 g/mol. The van der Waals surface area contributed by atoms with E-state index in [1.54, 1.807) is 13.0 Å². The smallest absolute Gasteiger partial charge is 0.248 e. The van der Waals surface area contributed by atoms with E-state index in [0.717, 1.165) is 34.5 Å². The Labute approximate surface area is 187 Å². The summed E-state index contributed by atoms with van der Waals surface area (Å²) in [7, 11) is 0. The molecular weight excluding hydrogens is 403 g/mol. The summed E-state index contributed by atoms with van der Waals surface area (Å²) in [6.45, 7) is 3.30. The lowest BCUT2D eigenvalue weighted by Gasteiger charge is -2.42. The number of alkyl halides is 1. The maximum absolute atomic E-state index is 13.6. The Morgan fingerprint density at radius 3 is 2.66 bits per heavy atom. The van der Waals surface area contributed by atoms with Gasteiger partial charge >= 0.3 is 0 Å². The monoisotopic (exact) mass is 430 g/mol. The molecule has 5 nitrogen and oxygen atoms in total. The molecule has 0 radical (unpaired) electrons. The summed E-state index contributed by atoms with van der Waals surface area (Å²) in [6, 6.07) is 16.3. The standard InChI is InChI=1S/C26H27FN4O/c1-26(27)17-30(18-26)15-19-6-9-22(10-7-19)29-25(32)13-8-20-4-2-3-5-24(20)21-14-28-31(16-21)23-11-12-23/h2-10,13-14,16,23H,11-12,15,17-18H2,1H3,(H,29,32)/b13-8+. The maximum Gasteiger partial charge on any atom is 0.248 e. The molecular formula is C26H27FN4O. The second-order valence-corrected chi connectivity index (χ2v) is 9.11. The van der Waals surface area contributed by atoms with Crippen LogP contribution in [0.25, 0.3) is 17.2 Å². The fourth-order valence-electron chi connectivity index (χ4n) is 4.22. The molecule has 2 aliphatic rings. The van der Waals surface area contributed by atoms with Crippen LogP contribution < -0.4 is 5.32 Å². The number of nitrogens with zero attached hydrogens (tertiary/aromatic N) is 3. The summed E-state index contributed by atoms with van der Waals surface area (Å²) in [5.74, 6) is -0.183. The van der Waals surface area contributed by atoms with Crippen LogP contribution >= 0.6 is 0 Å². The highest BCUT2D eigenvalue weighted by molar-refractivity contribution is 6.02. The van der Waals surface area contributed by atoms with Crippen LogP contribution in [0.5, 0.6) is 0 Å². The van der Waals surface area contributed by atoms with Gasteiger partial charge in [0.1, 0.15) is 5.67 Å². The number of hydrogen-bond donors (Lipinski definition) is 1. The van der Waals surface area contributed by atoms with Gasteiger partial charge in [-0.25, -0.2) is 4.39 Å². The van der Waals surface area contributed by atoms with Gasteiger partial charge in [0.15, 0.2) is 0 Å². The third-order valence-electron chi connectivity index (χ3n) is 5.94. The lowest BCUT2D eigenvalue weighted by Crippen LogP contribution is -2.56. The van der Waals surface area contributed by atoms with Crippen LogP contribution in [0.4, 0.5) is 10.1 Å². The van der Waals surface area contributed by atoms with Crippen molar-refractivity contribution in [2.75, 3.05) is 18.4 Å². The van der Waals surface area contributed by atoms with Crippen molar-refractivity contribution in [2.45, 2.75) is 38.0 Å². The molecule has 3 aromatic rings. The summed E-state index contributed by atoms with van der Waals surface area (Å²) in [5, 5.41) is 7.38. The first-order valence-corrected chi connectivity index (χ1v) is 11.1. The highest BCUT2D eigenvalue weighted by Crippen LogP contribution is 2.35. The summed E-state index contributed by atoms with van der Waals surface area (Å²) in [5.41, 5.74) is 3.88. The molecule has 0 spiro atoms. The van der Waals surface area contributed by atoms with Crippen molar-refractivity contribution in [1.29, 1.82) is 0 Å². The lowest BCUT2D eigenvalue weighted by molar-refractivity contribution is -0.111. The number of hydrogen-bond acceptors (Lipinski definition) is 3. The predicted octanol–water partition coefficient (Wildman–Crippen LogP) is 5.08. The van der Waals surface area contributed by atoms with Gasteiger partial charge in [-0.05, 0) is 54.7 Å². The first-order chi connectivity index (χ1) is 15.4. The molecule has 5 rings (SSSR count). The Bertz CT molecular complexity index is 1140. The Morgan fingerprint density at radius 1 is 1.19 bits per heavy atom. The quantitative estimate of drug-likeness (QED) is 0.532. The zero-order chi connectivity index (χ0) is 22.1. The van der Waals surface area contributed by atoms with Gasteiger partial charge < -0.3 is 5.32 Å². The van der Waals surface area contributed by atoms with Gasteiger partial charge in [0.25, 0.3) is 0 Å². The average Bonchev–Trinajstić information content (AvgIpc) is 3.49. The SMILES string of the molecule is CC1(F)CN(Cc2ccc(NC(=O)/C=C/c3ccccc3-c3cnn(C4CC4)c3)cc2)C1. The van der Waals surface area contributed by atoms with E-state index in [1.807, 2.05) is 65.5 Å². The number of carbonyl (C=O) groups excluding carboxylic acids is 1. The third-order valence-corrected chi connectivity index (χ3v) is 5.94. The molecule has 1 saturated carbocycles. The molecule has 1 aromatic heterocycles. The molecule has 0 bridgehead atoms. The molecule has 1 saturated heterocycles. The molecule has 2 heterocycles. The predicted molar refractivity (Wildman–Crippen MR) is 125 cm³/mol. The summed E-state index contributed by atoms with van der Waals surface area (Å²) in [4.78, 5) is 14.5. The maximum atomic E-state index is 13.6. The summed E-state index contributed by atoms with van der Waals surface area (Å²) in [6.07, 6.45) is 9.75. The van der Waals surface area contributed by atoms with Gasteiger partial charge in [-0.1, -0.05) is 36.4 Å². The number of likely N-dealkylation sites (tertiary alicyclic amines) is 1. The van der Waals surface area contributed by atoms with Gasteiger partial charge in [0, 0.05) is 43.2 Å². The van der Waals surface area contributed by atoms with Gasteiger partial charge in [-0.15, -0.1) is 0 Å². The topological polar surface area (TPSA) is 50.2 Å². The molecule has 1 aliphatic carbocycles. The minimum absolute atomic E-state index is 0.183. The van der Waals surface area contributed by atoms with Crippen molar-refractivity contribution >= 4 is 17.7 Å². The van der Waals surface area contributed by atoms with Gasteiger partial charge in [-0.3, -0.25) is 14.4 Å². The van der Waals surface area contributed by atoms with E-state index in [2.05, 4.69) is 21.5 Å². The Kier molecular flexibility index (Phi) is 5.39. The van der Waals surface area contributed by atoms with Crippen LogP contribution in [0.15, 0.2) is 67.0 Å². The van der Waals surface area contributed by atoms with Crippen molar-refractivity contribution < 1.29 is 9.18 Å². The second kappa shape index (κ2) is 8.36. The molecule has 2 fully saturated rings. The minimum Gasteiger partial charge on any atom is -0.323 e. The Balaban J connectivity index is 1.20. The second-order valence-electron chi connectivity index (χ2n) is 9.11. The van der Waals surface area contributed by atoms with E-state index in [9.17, 15) is 9.18 Å². The first kappa shape index (κ1) is 20.6. The molecule has 0 atom stereocenters. The van der Waals surface area contributed by atoms with E-state index in [-0.39, 0.29) is 5.91 Å². The molecule has 1 N–H and O–H groups in total. The third kappa shape index (κ3) is 4.81. The number of benzene rings is 2. The number of amides is 1. The van der Waals surface area contributed by atoms with Crippen LogP contribution in [0.3, 0.4) is 0 Å². The van der Waals surface area contributed by atoms with Crippen LogP contribution in [-0.2, 0) is 11.3 Å².